The zero-order valence-corrected chi connectivity index (χ0v) is 16.7. The van der Waals surface area contributed by atoms with Gasteiger partial charge in [0.1, 0.15) is 46.3 Å². The number of hydrogen-bond acceptors (Lipinski definition) is 8. The molecule has 0 radical (unpaired) electrons. The van der Waals surface area contributed by atoms with E-state index in [1.807, 2.05) is 0 Å². The van der Waals surface area contributed by atoms with Gasteiger partial charge in [-0.15, -0.1) is 11.3 Å². The van der Waals surface area contributed by atoms with Crippen LogP contribution in [-0.2, 0) is 9.47 Å². The first kappa shape index (κ1) is 19.2. The van der Waals surface area contributed by atoms with Gasteiger partial charge in [0.15, 0.2) is 0 Å². The number of carboxylic acids is 1. The van der Waals surface area contributed by atoms with Gasteiger partial charge in [0.2, 0.25) is 0 Å². The summed E-state index contributed by atoms with van der Waals surface area (Å²) in [6.45, 7) is 2.02. The quantitative estimate of drug-likeness (QED) is 0.628. The summed E-state index contributed by atoms with van der Waals surface area (Å²) in [6.07, 6.45) is 2.56. The summed E-state index contributed by atoms with van der Waals surface area (Å²) < 4.78 is 31.1. The molecule has 1 saturated carbocycles. The van der Waals surface area contributed by atoms with E-state index in [-0.39, 0.29) is 23.2 Å². The van der Waals surface area contributed by atoms with Gasteiger partial charge in [-0.2, -0.15) is 0 Å². The summed E-state index contributed by atoms with van der Waals surface area (Å²) in [5.41, 5.74) is 1.10. The molecule has 156 valence electrons. The molecule has 0 bridgehead atoms. The fourth-order valence-electron chi connectivity index (χ4n) is 3.95. The smallest absolute Gasteiger partial charge is 0.346 e. The van der Waals surface area contributed by atoms with E-state index in [1.54, 1.807) is 13.0 Å². The van der Waals surface area contributed by atoms with Crippen LogP contribution in [0.25, 0.3) is 10.2 Å². The van der Waals surface area contributed by atoms with Gasteiger partial charge in [-0.1, -0.05) is 0 Å². The lowest BCUT2D eigenvalue weighted by molar-refractivity contribution is 0.0123. The molecule has 1 saturated heterocycles. The van der Waals surface area contributed by atoms with E-state index in [2.05, 4.69) is 15.3 Å². The zero-order valence-electron chi connectivity index (χ0n) is 15.9. The monoisotopic (exact) mass is 431 g/mol. The minimum Gasteiger partial charge on any atom is -0.488 e. The number of hydrogen-bond donors (Lipinski definition) is 2. The maximum atomic E-state index is 14.0. The molecule has 2 fully saturated rings. The van der Waals surface area contributed by atoms with Crippen LogP contribution in [-0.4, -0.2) is 46.1 Å². The Morgan fingerprint density at radius 1 is 1.30 bits per heavy atom. The van der Waals surface area contributed by atoms with Gasteiger partial charge in [0.25, 0.3) is 0 Å². The Morgan fingerprint density at radius 2 is 2.07 bits per heavy atom. The number of aromatic nitrogens is 2. The first-order chi connectivity index (χ1) is 14.5. The molecule has 0 unspecified atom stereocenters. The topological polar surface area (TPSA) is 103 Å². The van der Waals surface area contributed by atoms with Crippen molar-refractivity contribution in [1.29, 1.82) is 0 Å². The molecule has 2 N–H and O–H groups in total. The van der Waals surface area contributed by atoms with Crippen LogP contribution in [0.15, 0.2) is 24.5 Å². The molecule has 0 amide bonds. The van der Waals surface area contributed by atoms with Crippen LogP contribution in [0.2, 0.25) is 0 Å². The van der Waals surface area contributed by atoms with Crippen molar-refractivity contribution >= 4 is 39.0 Å². The largest absolute Gasteiger partial charge is 0.488 e. The van der Waals surface area contributed by atoms with Gasteiger partial charge >= 0.3 is 5.97 Å². The fourth-order valence-corrected chi connectivity index (χ4v) is 4.94. The van der Waals surface area contributed by atoms with Crippen molar-refractivity contribution in [2.75, 3.05) is 12.1 Å². The van der Waals surface area contributed by atoms with Gasteiger partial charge in [0, 0.05) is 18.9 Å². The number of nitrogens with one attached hydrogen (secondary N) is 1. The molecule has 1 aliphatic carbocycles. The van der Waals surface area contributed by atoms with Crippen LogP contribution in [0.4, 0.5) is 15.9 Å². The molecule has 10 heteroatoms. The van der Waals surface area contributed by atoms with E-state index < -0.39 is 11.8 Å². The highest BCUT2D eigenvalue weighted by Gasteiger charge is 2.41. The number of halogens is 1. The third kappa shape index (κ3) is 3.36. The number of anilines is 2. The number of aryl methyl sites for hydroxylation is 1. The number of rotatable bonds is 5. The first-order valence-electron chi connectivity index (χ1n) is 9.43. The van der Waals surface area contributed by atoms with E-state index >= 15 is 0 Å². The summed E-state index contributed by atoms with van der Waals surface area (Å²) in [5.74, 6) is -0.650. The van der Waals surface area contributed by atoms with E-state index in [9.17, 15) is 14.3 Å². The molecule has 3 aromatic rings. The molecule has 1 aliphatic heterocycles. The molecular weight excluding hydrogens is 413 g/mol. The number of nitrogens with zero attached hydrogens (tertiary/aromatic N) is 2. The Morgan fingerprint density at radius 3 is 2.80 bits per heavy atom. The van der Waals surface area contributed by atoms with E-state index in [0.29, 0.717) is 52.7 Å². The predicted octanol–water partition coefficient (Wildman–Crippen LogP) is 3.86. The average Bonchev–Trinajstić information content (AvgIpc) is 3.38. The lowest BCUT2D eigenvalue weighted by atomic mass is 10.2. The van der Waals surface area contributed by atoms with Crippen LogP contribution in [0.3, 0.4) is 0 Å². The van der Waals surface area contributed by atoms with Crippen LogP contribution in [0.1, 0.15) is 28.1 Å². The van der Waals surface area contributed by atoms with Gasteiger partial charge in [-0.25, -0.2) is 19.2 Å². The van der Waals surface area contributed by atoms with Crippen molar-refractivity contribution < 1.29 is 28.5 Å². The molecule has 8 nitrogen and oxygen atoms in total. The molecule has 3 atom stereocenters. The molecule has 3 heterocycles. The number of carboxylic acid groups (broad SMARTS) is 1. The van der Waals surface area contributed by atoms with Gasteiger partial charge < -0.3 is 24.6 Å². The lowest BCUT2D eigenvalue weighted by Gasteiger charge is -2.18. The molecule has 0 spiro atoms. The molecule has 30 heavy (non-hydrogen) atoms. The Labute approximate surface area is 174 Å². The van der Waals surface area contributed by atoms with Gasteiger partial charge in [0.05, 0.1) is 23.3 Å². The van der Waals surface area contributed by atoms with E-state index in [0.717, 1.165) is 11.3 Å². The minimum atomic E-state index is -1.01. The second-order valence-corrected chi connectivity index (χ2v) is 8.27. The number of thiophene rings is 1. The van der Waals surface area contributed by atoms with Crippen molar-refractivity contribution in [1.82, 2.24) is 9.97 Å². The van der Waals surface area contributed by atoms with Crippen LogP contribution in [0, 0.1) is 12.7 Å². The summed E-state index contributed by atoms with van der Waals surface area (Å²) in [5, 5.41) is 13.2. The standard InChI is InChI=1S/C20H18FN3O5S/c1-9-16-18(22-7-23-19(16)30-17(9)20(25)26)24-12-3-2-10(21)4-13(12)29-11-5-14-15(6-11)28-8-27-14/h2-4,7,11,14-15H,5-6,8H2,1H3,(H,25,26)(H,22,23,24)/t11-,14+,15-. The van der Waals surface area contributed by atoms with Crippen LogP contribution in [0.5, 0.6) is 5.75 Å². The summed E-state index contributed by atoms with van der Waals surface area (Å²) in [6, 6.07) is 4.22. The third-order valence-corrected chi connectivity index (χ3v) is 6.57. The van der Waals surface area contributed by atoms with Crippen LogP contribution >= 0.6 is 11.3 Å². The van der Waals surface area contributed by atoms with Crippen LogP contribution < -0.4 is 10.1 Å². The Hall–Kier alpha value is -2.82. The summed E-state index contributed by atoms with van der Waals surface area (Å²) >= 11 is 1.09. The second-order valence-electron chi connectivity index (χ2n) is 7.27. The number of fused-ring (bicyclic) bond motifs is 2. The highest BCUT2D eigenvalue weighted by Crippen LogP contribution is 2.38. The first-order valence-corrected chi connectivity index (χ1v) is 10.2. The summed E-state index contributed by atoms with van der Waals surface area (Å²) in [4.78, 5) is 20.7. The second kappa shape index (κ2) is 7.46. The fraction of sp³-hybridized carbons (Fsp3) is 0.350. The molecule has 2 aromatic heterocycles. The highest BCUT2D eigenvalue weighted by atomic mass is 32.1. The average molecular weight is 431 g/mol. The van der Waals surface area contributed by atoms with E-state index in [4.69, 9.17) is 14.2 Å². The van der Waals surface area contributed by atoms with E-state index in [1.165, 1.54) is 18.5 Å². The molecular formula is C20H18FN3O5S. The van der Waals surface area contributed by atoms with Crippen molar-refractivity contribution in [3.05, 3.63) is 40.8 Å². The molecule has 1 aromatic carbocycles. The third-order valence-electron chi connectivity index (χ3n) is 5.38. The Balaban J connectivity index is 1.46. The normalized spacial score (nSPS) is 22.9. The molecule has 2 aliphatic rings. The molecule has 5 rings (SSSR count). The van der Waals surface area contributed by atoms with Crippen molar-refractivity contribution in [3.8, 4) is 5.75 Å². The number of aromatic carboxylic acids is 1. The van der Waals surface area contributed by atoms with Crippen molar-refractivity contribution in [3.63, 3.8) is 0 Å². The SMILES string of the molecule is Cc1c(C(=O)O)sc2ncnc(Nc3ccc(F)cc3O[C@@H]3C[C@@H]4OCO[C@@H]4C3)c12. The number of benzene rings is 1. The predicted molar refractivity (Wildman–Crippen MR) is 107 cm³/mol. The highest BCUT2D eigenvalue weighted by molar-refractivity contribution is 7.20. The number of ether oxygens (including phenoxy) is 3. The minimum absolute atomic E-state index is 0.00403. The Kier molecular flexibility index (Phi) is 4.76. The summed E-state index contributed by atoms with van der Waals surface area (Å²) in [7, 11) is 0. The van der Waals surface area contributed by atoms with Gasteiger partial charge in [-0.05, 0) is 24.6 Å². The van der Waals surface area contributed by atoms with Crippen molar-refractivity contribution in [2.45, 2.75) is 38.1 Å². The van der Waals surface area contributed by atoms with Gasteiger partial charge in [-0.3, -0.25) is 0 Å². The number of carbonyl (C=O) groups is 1. The lowest BCUT2D eigenvalue weighted by Crippen LogP contribution is -2.16. The van der Waals surface area contributed by atoms with Crippen molar-refractivity contribution in [2.24, 2.45) is 0 Å². The Bertz CT molecular complexity index is 1130. The maximum absolute atomic E-state index is 14.0. The zero-order chi connectivity index (χ0) is 20.8. The maximum Gasteiger partial charge on any atom is 0.346 e.